The number of carbonyl (C=O) groups is 1. The van der Waals surface area contributed by atoms with Crippen LogP contribution in [0.3, 0.4) is 0 Å². The highest BCUT2D eigenvalue weighted by Gasteiger charge is 2.50. The summed E-state index contributed by atoms with van der Waals surface area (Å²) < 4.78 is 11.1. The van der Waals surface area contributed by atoms with Crippen LogP contribution in [0.4, 0.5) is 0 Å². The molecule has 3 rings (SSSR count). The van der Waals surface area contributed by atoms with Crippen molar-refractivity contribution in [3.8, 4) is 5.75 Å². The standard InChI is InChI=1S/C24H41N4O3P/c1-17(2)27-21-13-9-10-14-22(21)28(18(3)4)32(27)25-20(16-24(29)26(5)31-7)19-12-8-11-15-23(19)30-6/h8,11-12,15,17-18,20-22,25H,9-10,13-14,16H2,1-7H3/t20-,21-,22-/m1/s1. The van der Waals surface area contributed by atoms with Crippen LogP contribution < -0.4 is 9.82 Å². The zero-order valence-corrected chi connectivity index (χ0v) is 21.6. The second-order valence-corrected chi connectivity index (χ2v) is 11.1. The van der Waals surface area contributed by atoms with Crippen LogP contribution in [0.2, 0.25) is 0 Å². The zero-order chi connectivity index (χ0) is 23.4. The van der Waals surface area contributed by atoms with E-state index in [1.807, 2.05) is 18.2 Å². The lowest BCUT2D eigenvalue weighted by Gasteiger charge is -2.38. The first-order valence-corrected chi connectivity index (χ1v) is 13.1. The monoisotopic (exact) mass is 464 g/mol. The number of ether oxygens (including phenoxy) is 1. The second kappa shape index (κ2) is 11.3. The lowest BCUT2D eigenvalue weighted by Crippen LogP contribution is -2.43. The maximum atomic E-state index is 12.9. The summed E-state index contributed by atoms with van der Waals surface area (Å²) in [7, 11) is 4.09. The molecule has 3 atom stereocenters. The topological polar surface area (TPSA) is 57.3 Å². The summed E-state index contributed by atoms with van der Waals surface area (Å²) in [5, 5.41) is 5.28. The van der Waals surface area contributed by atoms with E-state index in [1.165, 1.54) is 37.9 Å². The average molecular weight is 465 g/mol. The van der Waals surface area contributed by atoms with Gasteiger partial charge in [-0.25, -0.2) is 5.06 Å². The van der Waals surface area contributed by atoms with E-state index in [2.05, 4.69) is 48.2 Å². The van der Waals surface area contributed by atoms with E-state index in [1.54, 1.807) is 14.2 Å². The van der Waals surface area contributed by atoms with Crippen molar-refractivity contribution in [3.05, 3.63) is 29.8 Å². The molecule has 1 saturated carbocycles. The molecule has 7 nitrogen and oxygen atoms in total. The smallest absolute Gasteiger partial charge is 0.247 e. The van der Waals surface area contributed by atoms with Crippen molar-refractivity contribution in [2.75, 3.05) is 21.3 Å². The van der Waals surface area contributed by atoms with Crippen molar-refractivity contribution in [3.63, 3.8) is 0 Å². The van der Waals surface area contributed by atoms with Gasteiger partial charge in [-0.05, 0) is 46.6 Å². The number of hydrogen-bond donors (Lipinski definition) is 1. The molecule has 1 saturated heterocycles. The second-order valence-electron chi connectivity index (χ2n) is 9.36. The first-order valence-electron chi connectivity index (χ1n) is 11.9. The van der Waals surface area contributed by atoms with Gasteiger partial charge in [0.05, 0.1) is 20.3 Å². The van der Waals surface area contributed by atoms with Crippen molar-refractivity contribution in [1.82, 2.24) is 19.5 Å². The third kappa shape index (κ3) is 5.28. The molecule has 1 heterocycles. The van der Waals surface area contributed by atoms with Gasteiger partial charge in [-0.15, -0.1) is 0 Å². The Kier molecular flexibility index (Phi) is 8.93. The molecule has 1 aromatic rings. The van der Waals surface area contributed by atoms with Gasteiger partial charge in [-0.2, -0.15) is 0 Å². The minimum Gasteiger partial charge on any atom is -0.496 e. The molecule has 0 radical (unpaired) electrons. The Morgan fingerprint density at radius 2 is 1.66 bits per heavy atom. The highest BCUT2D eigenvalue weighted by molar-refractivity contribution is 7.51. The Morgan fingerprint density at radius 1 is 1.09 bits per heavy atom. The molecular formula is C24H41N4O3P. The maximum absolute atomic E-state index is 12.9. The molecule has 2 aliphatic rings. The average Bonchev–Trinajstić information content (AvgIpc) is 3.12. The number of hydroxylamine groups is 2. The Balaban J connectivity index is 1.99. The number of amides is 1. The van der Waals surface area contributed by atoms with Gasteiger partial charge in [0.2, 0.25) is 5.91 Å². The fourth-order valence-electron chi connectivity index (χ4n) is 5.17. The number of para-hydroxylation sites is 1. The van der Waals surface area contributed by atoms with Crippen LogP contribution in [0.15, 0.2) is 24.3 Å². The molecule has 0 bridgehead atoms. The van der Waals surface area contributed by atoms with Gasteiger partial charge >= 0.3 is 0 Å². The molecule has 1 amide bonds. The molecule has 180 valence electrons. The van der Waals surface area contributed by atoms with Crippen molar-refractivity contribution in [1.29, 1.82) is 0 Å². The van der Waals surface area contributed by atoms with E-state index in [0.29, 0.717) is 30.6 Å². The molecule has 2 fully saturated rings. The number of carbonyl (C=O) groups excluding carboxylic acids is 1. The summed E-state index contributed by atoms with van der Waals surface area (Å²) in [6.07, 6.45) is 5.39. The van der Waals surface area contributed by atoms with Gasteiger partial charge in [0, 0.05) is 43.2 Å². The normalized spacial score (nSPS) is 23.5. The number of rotatable bonds is 9. The molecule has 0 unspecified atom stereocenters. The zero-order valence-electron chi connectivity index (χ0n) is 20.7. The van der Waals surface area contributed by atoms with Gasteiger partial charge in [0.1, 0.15) is 14.1 Å². The molecule has 1 aliphatic carbocycles. The molecule has 32 heavy (non-hydrogen) atoms. The number of nitrogens with zero attached hydrogens (tertiary/aromatic N) is 3. The fraction of sp³-hybridized carbons (Fsp3) is 0.708. The predicted molar refractivity (Wildman–Crippen MR) is 130 cm³/mol. The van der Waals surface area contributed by atoms with E-state index in [4.69, 9.17) is 9.57 Å². The van der Waals surface area contributed by atoms with E-state index >= 15 is 0 Å². The van der Waals surface area contributed by atoms with Crippen LogP contribution in [0, 0.1) is 0 Å². The number of hydrogen-bond acceptors (Lipinski definition) is 6. The van der Waals surface area contributed by atoms with Gasteiger partial charge in [0.15, 0.2) is 0 Å². The van der Waals surface area contributed by atoms with Crippen molar-refractivity contribution < 1.29 is 14.4 Å². The number of fused-ring (bicyclic) bond motifs is 1. The summed E-state index contributed by atoms with van der Waals surface area (Å²) in [5.41, 5.74) is 1.01. The molecule has 1 aromatic carbocycles. The van der Waals surface area contributed by atoms with Crippen molar-refractivity contribution in [2.24, 2.45) is 0 Å². The quantitative estimate of drug-likeness (QED) is 0.422. The molecule has 1 aliphatic heterocycles. The Bertz CT molecular complexity index is 739. The molecular weight excluding hydrogens is 423 g/mol. The highest BCUT2D eigenvalue weighted by Crippen LogP contribution is 2.58. The summed E-state index contributed by atoms with van der Waals surface area (Å²) in [5.74, 6) is 0.742. The molecule has 0 spiro atoms. The Labute approximate surface area is 195 Å². The third-order valence-electron chi connectivity index (χ3n) is 6.66. The first kappa shape index (κ1) is 25.4. The van der Waals surface area contributed by atoms with E-state index in [0.717, 1.165) is 11.3 Å². The summed E-state index contributed by atoms with van der Waals surface area (Å²) in [6.45, 7) is 9.20. The van der Waals surface area contributed by atoms with Crippen LogP contribution in [-0.4, -0.2) is 65.7 Å². The van der Waals surface area contributed by atoms with Crippen LogP contribution in [0.25, 0.3) is 0 Å². The molecule has 8 heteroatoms. The van der Waals surface area contributed by atoms with Gasteiger partial charge in [-0.1, -0.05) is 31.0 Å². The van der Waals surface area contributed by atoms with Crippen LogP contribution in [-0.2, 0) is 9.63 Å². The van der Waals surface area contributed by atoms with E-state index in [9.17, 15) is 4.79 Å². The lowest BCUT2D eigenvalue weighted by molar-refractivity contribution is -0.169. The van der Waals surface area contributed by atoms with Gasteiger partial charge < -0.3 is 4.74 Å². The number of benzene rings is 1. The SMILES string of the molecule is COc1ccccc1[C@@H](CC(=O)N(C)OC)NP1N(C(C)C)[C@@H]2CCCC[C@H]2N1C(C)C. The summed E-state index contributed by atoms with van der Waals surface area (Å²) >= 11 is 0. The Morgan fingerprint density at radius 3 is 2.16 bits per heavy atom. The largest absolute Gasteiger partial charge is 0.496 e. The molecule has 1 N–H and O–H groups in total. The van der Waals surface area contributed by atoms with Crippen LogP contribution >= 0.6 is 8.37 Å². The van der Waals surface area contributed by atoms with E-state index < -0.39 is 8.37 Å². The minimum absolute atomic E-state index is 0.0605. The van der Waals surface area contributed by atoms with Crippen molar-refractivity contribution >= 4 is 14.3 Å². The van der Waals surface area contributed by atoms with Gasteiger partial charge in [0.25, 0.3) is 0 Å². The maximum Gasteiger partial charge on any atom is 0.247 e. The fourth-order valence-corrected chi connectivity index (χ4v) is 8.16. The predicted octanol–water partition coefficient (Wildman–Crippen LogP) is 4.71. The van der Waals surface area contributed by atoms with E-state index in [-0.39, 0.29) is 11.9 Å². The van der Waals surface area contributed by atoms with Crippen LogP contribution in [0.5, 0.6) is 5.75 Å². The van der Waals surface area contributed by atoms with Crippen LogP contribution in [0.1, 0.15) is 71.4 Å². The van der Waals surface area contributed by atoms with Crippen molar-refractivity contribution in [2.45, 2.75) is 90.0 Å². The number of nitrogens with one attached hydrogen (secondary N) is 1. The summed E-state index contributed by atoms with van der Waals surface area (Å²) in [6, 6.07) is 9.84. The number of methoxy groups -OCH3 is 1. The Hall–Kier alpha value is -1.24. The summed E-state index contributed by atoms with van der Waals surface area (Å²) in [4.78, 5) is 18.1. The molecule has 0 aromatic heterocycles. The highest BCUT2D eigenvalue weighted by atomic mass is 31.1. The van der Waals surface area contributed by atoms with Gasteiger partial charge in [-0.3, -0.25) is 24.1 Å². The minimum atomic E-state index is -0.786. The lowest BCUT2D eigenvalue weighted by atomic mass is 9.89. The first-order chi connectivity index (χ1) is 15.3. The third-order valence-corrected chi connectivity index (χ3v) is 9.59.